The highest BCUT2D eigenvalue weighted by atomic mass is 16.5. The molecule has 1 heteroatoms. The Bertz CT molecular complexity index is 241. The van der Waals surface area contributed by atoms with Crippen LogP contribution in [0.15, 0.2) is 18.2 Å². The lowest BCUT2D eigenvalue weighted by molar-refractivity contribution is 0.410. The van der Waals surface area contributed by atoms with Crippen LogP contribution < -0.4 is 4.74 Å². The fourth-order valence-electron chi connectivity index (χ4n) is 1.08. The van der Waals surface area contributed by atoms with Crippen molar-refractivity contribution in [3.63, 3.8) is 0 Å². The van der Waals surface area contributed by atoms with E-state index in [0.717, 1.165) is 17.7 Å². The second kappa shape index (κ2) is 3.42. The molecule has 0 spiro atoms. The van der Waals surface area contributed by atoms with E-state index in [-0.39, 0.29) is 0 Å². The summed E-state index contributed by atoms with van der Waals surface area (Å²) >= 11 is 0. The van der Waals surface area contributed by atoms with Crippen LogP contribution in [-0.4, -0.2) is 7.11 Å². The van der Waals surface area contributed by atoms with Crippen molar-refractivity contribution in [1.29, 1.82) is 0 Å². The number of benzene rings is 1. The van der Waals surface area contributed by atoms with E-state index >= 15 is 0 Å². The van der Waals surface area contributed by atoms with Crippen LogP contribution in [0.4, 0.5) is 0 Å². The maximum atomic E-state index is 5.18. The van der Waals surface area contributed by atoms with Crippen LogP contribution >= 0.6 is 0 Å². The predicted octanol–water partition coefficient (Wildman–Crippen LogP) is 2.44. The van der Waals surface area contributed by atoms with Gasteiger partial charge in [-0.2, -0.15) is 0 Å². The van der Waals surface area contributed by atoms with Crippen molar-refractivity contribution in [3.8, 4) is 5.75 Å². The molecule has 0 fully saturated rings. The van der Waals surface area contributed by atoms with Gasteiger partial charge in [-0.25, -0.2) is 0 Å². The minimum Gasteiger partial charge on any atom is -0.496 e. The molecular weight excluding hydrogens is 136 g/mol. The van der Waals surface area contributed by atoms with Gasteiger partial charge in [0, 0.05) is 0 Å². The van der Waals surface area contributed by atoms with Crippen molar-refractivity contribution in [2.24, 2.45) is 0 Å². The minimum absolute atomic E-state index is 0.944. The van der Waals surface area contributed by atoms with Gasteiger partial charge in [0.1, 0.15) is 5.75 Å². The van der Waals surface area contributed by atoms with E-state index in [0.29, 0.717) is 0 Å². The molecule has 0 aliphatic heterocycles. The van der Waals surface area contributed by atoms with E-state index in [4.69, 9.17) is 4.74 Å². The molecule has 0 bridgehead atoms. The van der Waals surface area contributed by atoms with Crippen molar-refractivity contribution in [2.45, 2.75) is 13.3 Å². The topological polar surface area (TPSA) is 9.23 Å². The third kappa shape index (κ3) is 1.73. The molecule has 1 aromatic carbocycles. The molecular formula is C10H13O. The van der Waals surface area contributed by atoms with E-state index in [1.54, 1.807) is 7.11 Å². The SMILES string of the molecule is [CH2]c1ccc(CC)c(OC)c1. The van der Waals surface area contributed by atoms with Crippen LogP contribution in [-0.2, 0) is 6.42 Å². The van der Waals surface area contributed by atoms with Crippen LogP contribution in [0.5, 0.6) is 5.75 Å². The van der Waals surface area contributed by atoms with E-state index in [1.807, 2.05) is 12.1 Å². The molecule has 1 rings (SSSR count). The van der Waals surface area contributed by atoms with Gasteiger partial charge in [-0.15, -0.1) is 0 Å². The Kier molecular flexibility index (Phi) is 2.53. The average molecular weight is 149 g/mol. The van der Waals surface area contributed by atoms with Gasteiger partial charge < -0.3 is 4.74 Å². The summed E-state index contributed by atoms with van der Waals surface area (Å²) in [6.45, 7) is 5.94. The van der Waals surface area contributed by atoms with Crippen molar-refractivity contribution < 1.29 is 4.74 Å². The van der Waals surface area contributed by atoms with Gasteiger partial charge in [-0.05, 0) is 30.5 Å². The first kappa shape index (κ1) is 8.12. The van der Waals surface area contributed by atoms with E-state index in [1.165, 1.54) is 5.56 Å². The Balaban J connectivity index is 3.06. The zero-order valence-corrected chi connectivity index (χ0v) is 7.05. The van der Waals surface area contributed by atoms with Crippen LogP contribution in [0.3, 0.4) is 0 Å². The van der Waals surface area contributed by atoms with Crippen LogP contribution in [0.1, 0.15) is 18.1 Å². The van der Waals surface area contributed by atoms with Crippen molar-refractivity contribution in [3.05, 3.63) is 36.2 Å². The Hall–Kier alpha value is -0.980. The molecule has 0 heterocycles. The summed E-state index contributed by atoms with van der Waals surface area (Å²) in [6.07, 6.45) is 1.00. The summed E-state index contributed by atoms with van der Waals surface area (Å²) < 4.78 is 5.18. The fraction of sp³-hybridized carbons (Fsp3) is 0.300. The molecule has 11 heavy (non-hydrogen) atoms. The number of aryl methyl sites for hydroxylation is 1. The molecule has 0 aliphatic rings. The van der Waals surface area contributed by atoms with Gasteiger partial charge in [0.2, 0.25) is 0 Å². The third-order valence-corrected chi connectivity index (χ3v) is 1.73. The van der Waals surface area contributed by atoms with Crippen LogP contribution in [0, 0.1) is 6.92 Å². The first-order chi connectivity index (χ1) is 5.27. The second-order valence-corrected chi connectivity index (χ2v) is 2.50. The molecule has 0 saturated heterocycles. The van der Waals surface area contributed by atoms with Gasteiger partial charge in [-0.1, -0.05) is 19.1 Å². The molecule has 0 amide bonds. The first-order valence-electron chi connectivity index (χ1n) is 3.76. The third-order valence-electron chi connectivity index (χ3n) is 1.73. The second-order valence-electron chi connectivity index (χ2n) is 2.50. The Morgan fingerprint density at radius 2 is 2.18 bits per heavy atom. The molecule has 0 unspecified atom stereocenters. The summed E-state index contributed by atoms with van der Waals surface area (Å²) in [5.41, 5.74) is 2.24. The van der Waals surface area contributed by atoms with E-state index in [2.05, 4.69) is 19.9 Å². The standard InChI is InChI=1S/C10H13O/c1-4-9-6-5-8(2)7-10(9)11-3/h5-7H,2,4H2,1,3H3. The molecule has 1 aromatic rings. The Morgan fingerprint density at radius 3 is 2.73 bits per heavy atom. The molecule has 0 N–H and O–H groups in total. The molecule has 0 aromatic heterocycles. The van der Waals surface area contributed by atoms with Crippen molar-refractivity contribution in [1.82, 2.24) is 0 Å². The molecule has 0 aliphatic carbocycles. The summed E-state index contributed by atoms with van der Waals surface area (Å²) in [5, 5.41) is 0. The first-order valence-corrected chi connectivity index (χ1v) is 3.76. The van der Waals surface area contributed by atoms with Crippen LogP contribution in [0.2, 0.25) is 0 Å². The normalized spacial score (nSPS) is 9.73. The molecule has 59 valence electrons. The minimum atomic E-state index is 0.944. The fourth-order valence-corrected chi connectivity index (χ4v) is 1.08. The predicted molar refractivity (Wildman–Crippen MR) is 46.8 cm³/mol. The van der Waals surface area contributed by atoms with E-state index < -0.39 is 0 Å². The highest BCUT2D eigenvalue weighted by molar-refractivity contribution is 5.38. The summed E-state index contributed by atoms with van der Waals surface area (Å²) in [5.74, 6) is 0.944. The summed E-state index contributed by atoms with van der Waals surface area (Å²) in [7, 11) is 1.69. The average Bonchev–Trinajstić information content (AvgIpc) is 2.04. The van der Waals surface area contributed by atoms with Gasteiger partial charge >= 0.3 is 0 Å². The maximum absolute atomic E-state index is 5.18. The highest BCUT2D eigenvalue weighted by Crippen LogP contribution is 2.19. The molecule has 1 radical (unpaired) electrons. The lowest BCUT2D eigenvalue weighted by Crippen LogP contribution is -1.90. The quantitative estimate of drug-likeness (QED) is 0.627. The van der Waals surface area contributed by atoms with Gasteiger partial charge in [0.25, 0.3) is 0 Å². The lowest BCUT2D eigenvalue weighted by atomic mass is 10.1. The monoisotopic (exact) mass is 149 g/mol. The summed E-state index contributed by atoms with van der Waals surface area (Å²) in [6, 6.07) is 6.02. The largest absolute Gasteiger partial charge is 0.496 e. The lowest BCUT2D eigenvalue weighted by Gasteiger charge is -2.06. The number of hydrogen-bond acceptors (Lipinski definition) is 1. The molecule has 1 nitrogen and oxygen atoms in total. The Morgan fingerprint density at radius 1 is 1.45 bits per heavy atom. The van der Waals surface area contributed by atoms with Gasteiger partial charge in [0.15, 0.2) is 0 Å². The Labute approximate surface area is 68.0 Å². The number of hydrogen-bond donors (Lipinski definition) is 0. The van der Waals surface area contributed by atoms with Gasteiger partial charge in [-0.3, -0.25) is 0 Å². The number of methoxy groups -OCH3 is 1. The van der Waals surface area contributed by atoms with Crippen LogP contribution in [0.25, 0.3) is 0 Å². The maximum Gasteiger partial charge on any atom is 0.122 e. The van der Waals surface area contributed by atoms with Crippen molar-refractivity contribution >= 4 is 0 Å². The molecule has 0 atom stereocenters. The molecule has 0 saturated carbocycles. The smallest absolute Gasteiger partial charge is 0.122 e. The zero-order chi connectivity index (χ0) is 8.27. The number of ether oxygens (including phenoxy) is 1. The summed E-state index contributed by atoms with van der Waals surface area (Å²) in [4.78, 5) is 0. The van der Waals surface area contributed by atoms with Crippen molar-refractivity contribution in [2.75, 3.05) is 7.11 Å². The zero-order valence-electron chi connectivity index (χ0n) is 7.05. The number of rotatable bonds is 2. The van der Waals surface area contributed by atoms with Gasteiger partial charge in [0.05, 0.1) is 7.11 Å². The highest BCUT2D eigenvalue weighted by Gasteiger charge is 1.98. The van der Waals surface area contributed by atoms with E-state index in [9.17, 15) is 0 Å².